The number of ether oxygens (including phenoxy) is 2. The molecule has 0 spiro atoms. The second-order valence-electron chi connectivity index (χ2n) is 12.5. The summed E-state index contributed by atoms with van der Waals surface area (Å²) < 4.78 is 44.2. The Kier molecular flexibility index (Phi) is 11.6. The number of tetrazole rings is 1. The van der Waals surface area contributed by atoms with Gasteiger partial charge in [-0.25, -0.2) is 13.1 Å². The molecule has 6 rings (SSSR count). The number of hydrogen-bond acceptors (Lipinski definition) is 10. The van der Waals surface area contributed by atoms with E-state index in [1.165, 1.54) is 23.9 Å². The van der Waals surface area contributed by atoms with E-state index in [1.807, 2.05) is 67.6 Å². The van der Waals surface area contributed by atoms with Gasteiger partial charge in [0, 0.05) is 30.0 Å². The quantitative estimate of drug-likeness (QED) is 0.139. The number of nitrogens with one attached hydrogen (secondary N) is 2. The Morgan fingerprint density at radius 1 is 0.941 bits per heavy atom. The van der Waals surface area contributed by atoms with Gasteiger partial charge in [-0.1, -0.05) is 103 Å². The molecule has 14 heteroatoms. The lowest BCUT2D eigenvalue weighted by atomic mass is 9.91. The second-order valence-corrected chi connectivity index (χ2v) is 15.2. The van der Waals surface area contributed by atoms with Crippen molar-refractivity contribution in [3.63, 3.8) is 0 Å². The summed E-state index contributed by atoms with van der Waals surface area (Å²) in [5, 5.41) is 24.9. The molecule has 0 aliphatic carbocycles. The van der Waals surface area contributed by atoms with Crippen molar-refractivity contribution in [3.05, 3.63) is 131 Å². The average Bonchev–Trinajstić information content (AvgIpc) is 3.55. The van der Waals surface area contributed by atoms with Crippen molar-refractivity contribution in [1.82, 2.24) is 24.9 Å². The molecule has 3 N–H and O–H groups in total. The minimum atomic E-state index is -4.01. The first-order valence-corrected chi connectivity index (χ1v) is 19.0. The number of rotatable bonds is 13. The van der Waals surface area contributed by atoms with Gasteiger partial charge in [0.15, 0.2) is 6.29 Å². The van der Waals surface area contributed by atoms with Gasteiger partial charge in [-0.3, -0.25) is 4.79 Å². The van der Waals surface area contributed by atoms with Crippen molar-refractivity contribution in [3.8, 4) is 0 Å². The monoisotopic (exact) mass is 728 g/mol. The molecule has 12 nitrogen and oxygen atoms in total. The van der Waals surface area contributed by atoms with E-state index in [0.717, 1.165) is 22.3 Å². The lowest BCUT2D eigenvalue weighted by Gasteiger charge is -2.41. The first-order valence-electron chi connectivity index (χ1n) is 16.5. The first-order chi connectivity index (χ1) is 24.6. The third-order valence-corrected chi connectivity index (χ3v) is 11.3. The number of aryl methyl sites for hydroxylation is 2. The summed E-state index contributed by atoms with van der Waals surface area (Å²) >= 11 is 1.48. The lowest BCUT2D eigenvalue weighted by molar-refractivity contribution is -0.268. The summed E-state index contributed by atoms with van der Waals surface area (Å²) in [6.07, 6.45) is -1.26. The molecule has 1 aliphatic rings. The van der Waals surface area contributed by atoms with Crippen LogP contribution in [0.3, 0.4) is 0 Å². The molecule has 5 atom stereocenters. The van der Waals surface area contributed by atoms with Crippen LogP contribution in [0.4, 0.5) is 5.69 Å². The number of aromatic nitrogens is 4. The minimum absolute atomic E-state index is 0.0573. The second kappa shape index (κ2) is 16.3. The van der Waals surface area contributed by atoms with Gasteiger partial charge in [0.1, 0.15) is 6.04 Å². The molecule has 1 amide bonds. The van der Waals surface area contributed by atoms with Crippen LogP contribution in [0.1, 0.15) is 47.1 Å². The third-order valence-electron chi connectivity index (χ3n) is 8.74. The zero-order valence-electron chi connectivity index (χ0n) is 28.4. The number of nitrogens with zero attached hydrogens (tertiary/aromatic N) is 4. The van der Waals surface area contributed by atoms with Gasteiger partial charge in [0.25, 0.3) is 0 Å². The minimum Gasteiger partial charge on any atom is -0.392 e. The largest absolute Gasteiger partial charge is 0.392 e. The van der Waals surface area contributed by atoms with Crippen LogP contribution in [-0.4, -0.2) is 57.5 Å². The molecule has 1 saturated heterocycles. The fourth-order valence-electron chi connectivity index (χ4n) is 5.81. The van der Waals surface area contributed by atoms with Gasteiger partial charge in [-0.05, 0) is 64.7 Å². The molecule has 0 saturated carbocycles. The Bertz CT molecular complexity index is 2030. The van der Waals surface area contributed by atoms with Crippen LogP contribution in [0.15, 0.2) is 113 Å². The van der Waals surface area contributed by atoms with Crippen LogP contribution in [-0.2, 0) is 44.4 Å². The summed E-state index contributed by atoms with van der Waals surface area (Å²) in [5.41, 5.74) is 4.59. The van der Waals surface area contributed by atoms with Gasteiger partial charge in [0.2, 0.25) is 21.1 Å². The molecule has 0 bridgehead atoms. The van der Waals surface area contributed by atoms with Crippen molar-refractivity contribution in [2.75, 3.05) is 11.1 Å². The van der Waals surface area contributed by atoms with Crippen LogP contribution in [0.5, 0.6) is 0 Å². The number of benzene rings is 4. The number of thioether (sulfide) groups is 1. The summed E-state index contributed by atoms with van der Waals surface area (Å²) in [7, 11) is -2.23. The van der Waals surface area contributed by atoms with Gasteiger partial charge in [-0.2, -0.15) is 4.72 Å². The number of sulfonamides is 1. The topological polar surface area (TPSA) is 158 Å². The standard InChI is InChI=1S/C37H40N6O6S2/c1-24-12-18-31(19-13-24)51(46,47)40-32(20-26-8-5-4-6-9-26)35(45)38-30-11-7-10-29(21-30)36-48-33(23-50-37-39-41-42-43(37)3)25(2)34(49-36)28-16-14-27(22-44)15-17-28/h4-19,21,25,32-34,36,40,44H,20,22-23H2,1-3H3,(H,38,45)/t25-,32+,33+,34+,36?/m0/s1. The predicted molar refractivity (Wildman–Crippen MR) is 193 cm³/mol. The Morgan fingerprint density at radius 3 is 2.37 bits per heavy atom. The maximum atomic E-state index is 13.8. The first kappa shape index (κ1) is 36.4. The molecule has 1 unspecified atom stereocenters. The highest BCUT2D eigenvalue weighted by molar-refractivity contribution is 7.99. The SMILES string of the molecule is Cc1ccc(S(=O)(=O)N[C@H](Cc2ccccc2)C(=O)Nc2cccc(C3O[C@H](CSc4nnnn4C)[C@H](C)[C@H](c4ccc(CO)cc4)O3)c2)cc1. The molecule has 0 radical (unpaired) electrons. The maximum Gasteiger partial charge on any atom is 0.242 e. The van der Waals surface area contributed by atoms with E-state index in [-0.39, 0.29) is 36.0 Å². The highest BCUT2D eigenvalue weighted by Crippen LogP contribution is 2.43. The number of carbonyl (C=O) groups excluding carboxylic acids is 1. The number of aliphatic hydroxyl groups is 1. The Labute approximate surface area is 301 Å². The molecule has 4 aromatic carbocycles. The number of amides is 1. The van der Waals surface area contributed by atoms with Crippen molar-refractivity contribution in [2.24, 2.45) is 13.0 Å². The van der Waals surface area contributed by atoms with Crippen molar-refractivity contribution < 1.29 is 27.8 Å². The Balaban J connectivity index is 1.24. The van der Waals surface area contributed by atoms with Crippen LogP contribution in [0.2, 0.25) is 0 Å². The molecular formula is C37H40N6O6S2. The van der Waals surface area contributed by atoms with Crippen molar-refractivity contribution in [2.45, 2.75) is 61.5 Å². The van der Waals surface area contributed by atoms with E-state index in [2.05, 4.69) is 32.5 Å². The average molecular weight is 729 g/mol. The molecule has 2 heterocycles. The van der Waals surface area contributed by atoms with Crippen LogP contribution >= 0.6 is 11.8 Å². The third kappa shape index (κ3) is 9.08. The highest BCUT2D eigenvalue weighted by Gasteiger charge is 2.39. The fourth-order valence-corrected chi connectivity index (χ4v) is 8.02. The molecule has 1 aromatic heterocycles. The molecule has 51 heavy (non-hydrogen) atoms. The van der Waals surface area contributed by atoms with Gasteiger partial charge >= 0.3 is 0 Å². The van der Waals surface area contributed by atoms with E-state index >= 15 is 0 Å². The van der Waals surface area contributed by atoms with E-state index in [9.17, 15) is 18.3 Å². The molecule has 266 valence electrons. The summed E-state index contributed by atoms with van der Waals surface area (Å²) in [4.78, 5) is 13.9. The van der Waals surface area contributed by atoms with Gasteiger partial charge < -0.3 is 19.9 Å². The van der Waals surface area contributed by atoms with Crippen molar-refractivity contribution >= 4 is 33.4 Å². The zero-order chi connectivity index (χ0) is 36.0. The number of hydrogen-bond donors (Lipinski definition) is 3. The van der Waals surface area contributed by atoms with Gasteiger partial charge in [0.05, 0.1) is 23.7 Å². The number of aliphatic hydroxyl groups excluding tert-OH is 1. The fraction of sp³-hybridized carbons (Fsp3) is 0.297. The number of carbonyl (C=O) groups is 1. The predicted octanol–water partition coefficient (Wildman–Crippen LogP) is 5.12. The zero-order valence-corrected chi connectivity index (χ0v) is 30.0. The van der Waals surface area contributed by atoms with E-state index in [4.69, 9.17) is 9.47 Å². The molecule has 1 fully saturated rings. The van der Waals surface area contributed by atoms with Crippen LogP contribution in [0, 0.1) is 12.8 Å². The Morgan fingerprint density at radius 2 is 1.69 bits per heavy atom. The summed E-state index contributed by atoms with van der Waals surface area (Å²) in [6, 6.07) is 29.4. The summed E-state index contributed by atoms with van der Waals surface area (Å²) in [6.45, 7) is 3.89. The van der Waals surface area contributed by atoms with Crippen molar-refractivity contribution in [1.29, 1.82) is 0 Å². The van der Waals surface area contributed by atoms with E-state index < -0.39 is 28.3 Å². The lowest BCUT2D eigenvalue weighted by Crippen LogP contribution is -2.45. The van der Waals surface area contributed by atoms with Crippen LogP contribution < -0.4 is 10.0 Å². The molecule has 1 aliphatic heterocycles. The Hall–Kier alpha value is -4.44. The summed E-state index contributed by atoms with van der Waals surface area (Å²) in [5.74, 6) is -0.0172. The number of anilines is 1. The maximum absolute atomic E-state index is 13.8. The normalized spacial score (nSPS) is 19.8. The molecular weight excluding hydrogens is 689 g/mol. The highest BCUT2D eigenvalue weighted by atomic mass is 32.2. The molecule has 5 aromatic rings. The van der Waals surface area contributed by atoms with Gasteiger partial charge in [-0.15, -0.1) is 5.10 Å². The van der Waals surface area contributed by atoms with E-state index in [0.29, 0.717) is 22.2 Å². The van der Waals surface area contributed by atoms with Crippen LogP contribution in [0.25, 0.3) is 0 Å². The van der Waals surface area contributed by atoms with E-state index in [1.54, 1.807) is 42.1 Å². The smallest absolute Gasteiger partial charge is 0.242 e.